The Morgan fingerprint density at radius 3 is 2.36 bits per heavy atom. The molecule has 1 spiro atoms. The van der Waals surface area contributed by atoms with Gasteiger partial charge in [-0.15, -0.1) is 0 Å². The highest BCUT2D eigenvalue weighted by Crippen LogP contribution is 2.50. The predicted molar refractivity (Wildman–Crippen MR) is 82.3 cm³/mol. The van der Waals surface area contributed by atoms with Gasteiger partial charge in [0.2, 0.25) is 0 Å². The van der Waals surface area contributed by atoms with Crippen LogP contribution in [-0.2, 0) is 17.2 Å². The lowest BCUT2D eigenvalue weighted by Gasteiger charge is -2.54. The number of nitrogens with one attached hydrogen (secondary N) is 1. The van der Waals surface area contributed by atoms with Crippen LogP contribution < -0.4 is 10.6 Å². The van der Waals surface area contributed by atoms with Crippen LogP contribution >= 0.6 is 7.14 Å². The number of alkyl halides is 3. The van der Waals surface area contributed by atoms with Gasteiger partial charge in [-0.3, -0.25) is 0 Å². The molecule has 1 aliphatic heterocycles. The summed E-state index contributed by atoms with van der Waals surface area (Å²) in [6.45, 7) is 5.01. The Morgan fingerprint density at radius 1 is 1.27 bits per heavy atom. The monoisotopic (exact) mass is 331 g/mol. The first-order valence-electron chi connectivity index (χ1n) is 7.56. The van der Waals surface area contributed by atoms with Crippen molar-refractivity contribution in [3.8, 4) is 0 Å². The first kappa shape index (κ1) is 16.1. The number of hydrogen-bond donors (Lipinski definition) is 1. The molecular weight excluding hydrogens is 310 g/mol. The van der Waals surface area contributed by atoms with Gasteiger partial charge in [0.25, 0.3) is 0 Å². The molecule has 0 unspecified atom stereocenters. The fourth-order valence-electron chi connectivity index (χ4n) is 3.73. The number of halogens is 3. The Balaban J connectivity index is 1.82. The minimum Gasteiger partial charge on any atom is -0.319 e. The van der Waals surface area contributed by atoms with Crippen molar-refractivity contribution in [3.63, 3.8) is 0 Å². The van der Waals surface area contributed by atoms with E-state index in [4.69, 9.17) is 0 Å². The Hall–Kier alpha value is -0.800. The lowest BCUT2D eigenvalue weighted by molar-refractivity contribution is -0.138. The van der Waals surface area contributed by atoms with Crippen molar-refractivity contribution in [1.82, 2.24) is 5.32 Å². The number of rotatable bonds is 3. The molecule has 6 heteroatoms. The molecular formula is C16H21F3NOP. The van der Waals surface area contributed by atoms with E-state index in [1.54, 1.807) is 6.07 Å². The van der Waals surface area contributed by atoms with Gasteiger partial charge in [0.1, 0.15) is 7.14 Å². The molecule has 1 saturated heterocycles. The summed E-state index contributed by atoms with van der Waals surface area (Å²) in [6.07, 6.45) is -1.90. The fraction of sp³-hybridized carbons (Fsp3) is 0.625. The predicted octanol–water partition coefficient (Wildman–Crippen LogP) is 3.50. The summed E-state index contributed by atoms with van der Waals surface area (Å²) in [5, 5.41) is 3.54. The van der Waals surface area contributed by atoms with Gasteiger partial charge < -0.3 is 9.88 Å². The van der Waals surface area contributed by atoms with E-state index >= 15 is 0 Å². The average Bonchev–Trinajstić information content (AvgIpc) is 2.28. The normalized spacial score (nSPS) is 21.5. The summed E-state index contributed by atoms with van der Waals surface area (Å²) in [4.78, 5) is 0. The number of benzene rings is 1. The Morgan fingerprint density at radius 2 is 1.91 bits per heavy atom. The Kier molecular flexibility index (Phi) is 3.73. The Labute approximate surface area is 128 Å². The molecule has 2 fully saturated rings. The van der Waals surface area contributed by atoms with E-state index in [1.807, 2.05) is 0 Å². The first-order valence-corrected chi connectivity index (χ1v) is 10.2. The van der Waals surface area contributed by atoms with E-state index in [1.165, 1.54) is 19.4 Å². The lowest BCUT2D eigenvalue weighted by Crippen LogP contribution is -2.60. The zero-order valence-electron chi connectivity index (χ0n) is 12.8. The maximum absolute atomic E-state index is 13.3. The smallest absolute Gasteiger partial charge is 0.319 e. The average molecular weight is 331 g/mol. The van der Waals surface area contributed by atoms with Gasteiger partial charge in [-0.25, -0.2) is 0 Å². The third-order valence-corrected chi connectivity index (χ3v) is 6.49. The van der Waals surface area contributed by atoms with Gasteiger partial charge in [0, 0.05) is 18.4 Å². The first-order chi connectivity index (χ1) is 10.1. The third kappa shape index (κ3) is 2.98. The molecule has 1 saturated carbocycles. The van der Waals surface area contributed by atoms with Crippen LogP contribution in [0.15, 0.2) is 18.2 Å². The van der Waals surface area contributed by atoms with Crippen molar-refractivity contribution in [2.24, 2.45) is 11.3 Å². The van der Waals surface area contributed by atoms with Gasteiger partial charge in [0.05, 0.1) is 5.56 Å². The molecule has 1 N–H and O–H groups in total. The highest BCUT2D eigenvalue weighted by Gasteiger charge is 2.48. The molecule has 0 amide bonds. The molecule has 2 aliphatic rings. The van der Waals surface area contributed by atoms with Crippen molar-refractivity contribution in [1.29, 1.82) is 0 Å². The molecule has 3 rings (SSSR count). The van der Waals surface area contributed by atoms with E-state index in [0.29, 0.717) is 28.6 Å². The van der Waals surface area contributed by atoms with Gasteiger partial charge in [-0.1, -0.05) is 12.1 Å². The topological polar surface area (TPSA) is 29.1 Å². The minimum absolute atomic E-state index is 0.303. The van der Waals surface area contributed by atoms with E-state index in [-0.39, 0.29) is 0 Å². The minimum atomic E-state index is -4.39. The van der Waals surface area contributed by atoms with Crippen LogP contribution in [0.4, 0.5) is 13.2 Å². The van der Waals surface area contributed by atoms with E-state index in [0.717, 1.165) is 32.0 Å². The fourth-order valence-corrected chi connectivity index (χ4v) is 4.60. The van der Waals surface area contributed by atoms with Crippen LogP contribution in [0.25, 0.3) is 0 Å². The van der Waals surface area contributed by atoms with Crippen molar-refractivity contribution < 1.29 is 17.7 Å². The van der Waals surface area contributed by atoms with Gasteiger partial charge >= 0.3 is 6.18 Å². The van der Waals surface area contributed by atoms with Gasteiger partial charge in [-0.2, -0.15) is 13.2 Å². The summed E-state index contributed by atoms with van der Waals surface area (Å²) in [5.74, 6) is 0.337. The van der Waals surface area contributed by atoms with Gasteiger partial charge in [0.15, 0.2) is 0 Å². The second kappa shape index (κ2) is 5.10. The maximum Gasteiger partial charge on any atom is 0.416 e. The Bertz CT molecular complexity index is 623. The second-order valence-corrected chi connectivity index (χ2v) is 10.5. The second-order valence-electron chi connectivity index (χ2n) is 7.27. The molecule has 1 aromatic rings. The van der Waals surface area contributed by atoms with E-state index < -0.39 is 18.9 Å². The maximum atomic E-state index is 13.3. The van der Waals surface area contributed by atoms with Crippen LogP contribution in [0.5, 0.6) is 0 Å². The van der Waals surface area contributed by atoms with Crippen molar-refractivity contribution in [3.05, 3.63) is 29.3 Å². The SMILES string of the molecule is CP(C)(=O)c1ccc(CC2CC3(CNC3)C2)c(C(F)(F)F)c1. The van der Waals surface area contributed by atoms with Crippen LogP contribution in [0, 0.1) is 11.3 Å². The molecule has 0 bridgehead atoms. The van der Waals surface area contributed by atoms with Crippen LogP contribution in [0.2, 0.25) is 0 Å². The zero-order valence-corrected chi connectivity index (χ0v) is 13.7. The molecule has 22 heavy (non-hydrogen) atoms. The lowest BCUT2D eigenvalue weighted by atomic mass is 9.57. The largest absolute Gasteiger partial charge is 0.416 e. The van der Waals surface area contributed by atoms with Gasteiger partial charge in [-0.05, 0) is 55.6 Å². The summed E-state index contributed by atoms with van der Waals surface area (Å²) in [6, 6.07) is 4.22. The highest BCUT2D eigenvalue weighted by molar-refractivity contribution is 7.70. The molecule has 1 aromatic carbocycles. The summed E-state index contributed by atoms with van der Waals surface area (Å²) < 4.78 is 52.0. The molecule has 1 heterocycles. The molecule has 2 nitrogen and oxygen atoms in total. The summed E-state index contributed by atoms with van der Waals surface area (Å²) >= 11 is 0. The van der Waals surface area contributed by atoms with Crippen molar-refractivity contribution >= 4 is 12.4 Å². The third-order valence-electron chi connectivity index (χ3n) is 4.97. The molecule has 0 atom stereocenters. The standard InChI is InChI=1S/C16H21F3NOP/c1-22(2,21)13-4-3-12(14(6-13)16(17,18)19)5-11-7-15(8-11)9-20-10-15/h3-4,6,11,20H,5,7-10H2,1-2H3. The van der Waals surface area contributed by atoms with Crippen LogP contribution in [0.1, 0.15) is 24.0 Å². The van der Waals surface area contributed by atoms with E-state index in [2.05, 4.69) is 5.32 Å². The summed E-state index contributed by atoms with van der Waals surface area (Å²) in [5.41, 5.74) is 0.101. The zero-order chi connectivity index (χ0) is 16.2. The van der Waals surface area contributed by atoms with Crippen molar-refractivity contribution in [2.75, 3.05) is 26.4 Å². The highest BCUT2D eigenvalue weighted by atomic mass is 31.2. The quantitative estimate of drug-likeness (QED) is 0.859. The van der Waals surface area contributed by atoms with Crippen LogP contribution in [-0.4, -0.2) is 26.4 Å². The molecule has 1 aliphatic carbocycles. The summed E-state index contributed by atoms with van der Waals surface area (Å²) in [7, 11) is -2.69. The molecule has 0 radical (unpaired) electrons. The molecule has 122 valence electrons. The van der Waals surface area contributed by atoms with Crippen molar-refractivity contribution in [2.45, 2.75) is 25.4 Å². The van der Waals surface area contributed by atoms with E-state index in [9.17, 15) is 17.7 Å². The number of hydrogen-bond acceptors (Lipinski definition) is 2. The van der Waals surface area contributed by atoms with Crippen LogP contribution in [0.3, 0.4) is 0 Å². The molecule has 0 aromatic heterocycles.